The first kappa shape index (κ1) is 12.2. The number of nitrogens with zero attached hydrogens (tertiary/aromatic N) is 1. The molecule has 0 radical (unpaired) electrons. The zero-order chi connectivity index (χ0) is 13.4. The van der Waals surface area contributed by atoms with Gasteiger partial charge >= 0.3 is 0 Å². The summed E-state index contributed by atoms with van der Waals surface area (Å²) >= 11 is 0. The number of imide groups is 1. The highest BCUT2D eigenvalue weighted by Crippen LogP contribution is 2.29. The minimum Gasteiger partial charge on any atom is -0.399 e. The number of carbonyl (C=O) groups is 2. The average molecular weight is 260 g/mol. The van der Waals surface area contributed by atoms with E-state index in [1.165, 1.54) is 17.7 Å². The van der Waals surface area contributed by atoms with Crippen LogP contribution in [0.1, 0.15) is 33.6 Å². The first-order valence-corrected chi connectivity index (χ1v) is 6.50. The molecule has 2 N–H and O–H groups in total. The molecule has 1 fully saturated rings. The summed E-state index contributed by atoms with van der Waals surface area (Å²) in [6, 6.07) is 4.80. The highest BCUT2D eigenvalue weighted by atomic mass is 16.5. The van der Waals surface area contributed by atoms with Crippen molar-refractivity contribution in [2.75, 3.05) is 25.5 Å². The van der Waals surface area contributed by atoms with Crippen LogP contribution in [0.2, 0.25) is 0 Å². The van der Waals surface area contributed by atoms with Gasteiger partial charge < -0.3 is 10.5 Å². The molecule has 0 aromatic heterocycles. The first-order chi connectivity index (χ1) is 9.16. The van der Waals surface area contributed by atoms with E-state index in [1.54, 1.807) is 18.2 Å². The van der Waals surface area contributed by atoms with Crippen molar-refractivity contribution in [1.82, 2.24) is 4.90 Å². The monoisotopic (exact) mass is 260 g/mol. The highest BCUT2D eigenvalue weighted by molar-refractivity contribution is 6.21. The van der Waals surface area contributed by atoms with Crippen LogP contribution in [0.5, 0.6) is 0 Å². The number of ether oxygens (including phenoxy) is 1. The Morgan fingerprint density at radius 2 is 1.95 bits per heavy atom. The van der Waals surface area contributed by atoms with Gasteiger partial charge in [0.15, 0.2) is 0 Å². The van der Waals surface area contributed by atoms with Crippen LogP contribution in [0.25, 0.3) is 0 Å². The van der Waals surface area contributed by atoms with Crippen LogP contribution >= 0.6 is 0 Å². The smallest absolute Gasteiger partial charge is 0.261 e. The van der Waals surface area contributed by atoms with Crippen molar-refractivity contribution in [3.05, 3.63) is 29.3 Å². The minimum atomic E-state index is -0.276. The molecule has 0 saturated heterocycles. The molecule has 1 heterocycles. The lowest BCUT2D eigenvalue weighted by Gasteiger charge is -2.13. The zero-order valence-electron chi connectivity index (χ0n) is 10.6. The Labute approximate surface area is 111 Å². The summed E-state index contributed by atoms with van der Waals surface area (Å²) in [4.78, 5) is 25.4. The minimum absolute atomic E-state index is 0.255. The molecule has 1 aliphatic heterocycles. The molecule has 1 aromatic rings. The maximum atomic E-state index is 12.1. The van der Waals surface area contributed by atoms with Crippen LogP contribution < -0.4 is 5.73 Å². The quantitative estimate of drug-likeness (QED) is 0.492. The lowest BCUT2D eigenvalue weighted by molar-refractivity contribution is 0.0553. The topological polar surface area (TPSA) is 72.6 Å². The molecule has 0 unspecified atom stereocenters. The van der Waals surface area contributed by atoms with Gasteiger partial charge in [0.25, 0.3) is 11.8 Å². The van der Waals surface area contributed by atoms with Gasteiger partial charge in [0.1, 0.15) is 0 Å². The molecule has 5 nitrogen and oxygen atoms in total. The van der Waals surface area contributed by atoms with Gasteiger partial charge in [-0.3, -0.25) is 14.5 Å². The Hall–Kier alpha value is -1.88. The van der Waals surface area contributed by atoms with E-state index in [0.29, 0.717) is 35.9 Å². The van der Waals surface area contributed by atoms with E-state index in [0.717, 1.165) is 6.61 Å². The Kier molecular flexibility index (Phi) is 2.98. The summed E-state index contributed by atoms with van der Waals surface area (Å²) < 4.78 is 5.47. The van der Waals surface area contributed by atoms with Gasteiger partial charge in [-0.2, -0.15) is 0 Å². The normalized spacial score (nSPS) is 18.0. The van der Waals surface area contributed by atoms with E-state index in [4.69, 9.17) is 10.5 Å². The van der Waals surface area contributed by atoms with Gasteiger partial charge in [0.2, 0.25) is 0 Å². The molecule has 1 aliphatic carbocycles. The SMILES string of the molecule is Nc1ccc2c(c1)C(=O)N(CCOCC1CC1)C2=O. The second-order valence-corrected chi connectivity index (χ2v) is 5.09. The van der Waals surface area contributed by atoms with E-state index in [-0.39, 0.29) is 11.8 Å². The summed E-state index contributed by atoms with van der Waals surface area (Å²) in [6.45, 7) is 1.44. The predicted molar refractivity (Wildman–Crippen MR) is 69.8 cm³/mol. The van der Waals surface area contributed by atoms with E-state index in [1.807, 2.05) is 0 Å². The van der Waals surface area contributed by atoms with Crippen molar-refractivity contribution >= 4 is 17.5 Å². The summed E-state index contributed by atoms with van der Waals surface area (Å²) in [7, 11) is 0. The number of hydrogen-bond donors (Lipinski definition) is 1. The number of fused-ring (bicyclic) bond motifs is 1. The van der Waals surface area contributed by atoms with Gasteiger partial charge in [-0.05, 0) is 37.0 Å². The molecule has 19 heavy (non-hydrogen) atoms. The summed E-state index contributed by atoms with van der Waals surface area (Å²) in [5.74, 6) is 0.152. The fourth-order valence-corrected chi connectivity index (χ4v) is 2.20. The van der Waals surface area contributed by atoms with E-state index in [9.17, 15) is 9.59 Å². The van der Waals surface area contributed by atoms with E-state index in [2.05, 4.69) is 0 Å². The van der Waals surface area contributed by atoms with Crippen LogP contribution in [-0.2, 0) is 4.74 Å². The summed E-state index contributed by atoms with van der Waals surface area (Å²) in [5.41, 5.74) is 6.96. The standard InChI is InChI=1S/C14H16N2O3/c15-10-3-4-11-12(7-10)14(18)16(13(11)17)5-6-19-8-9-1-2-9/h3-4,7,9H,1-2,5-6,8,15H2. The molecule has 0 spiro atoms. The summed E-state index contributed by atoms with van der Waals surface area (Å²) in [6.07, 6.45) is 2.46. The number of rotatable bonds is 5. The third-order valence-corrected chi connectivity index (χ3v) is 3.50. The number of nitrogens with two attached hydrogens (primary N) is 1. The molecule has 1 aromatic carbocycles. The van der Waals surface area contributed by atoms with Crippen molar-refractivity contribution < 1.29 is 14.3 Å². The molecule has 3 rings (SSSR count). The molecular weight excluding hydrogens is 244 g/mol. The van der Waals surface area contributed by atoms with Crippen LogP contribution in [0.15, 0.2) is 18.2 Å². The van der Waals surface area contributed by atoms with Crippen molar-refractivity contribution in [3.8, 4) is 0 Å². The maximum absolute atomic E-state index is 12.1. The van der Waals surface area contributed by atoms with Crippen molar-refractivity contribution in [1.29, 1.82) is 0 Å². The second-order valence-electron chi connectivity index (χ2n) is 5.09. The molecule has 2 aliphatic rings. The Bertz CT molecular complexity index is 537. The molecule has 0 bridgehead atoms. The molecule has 100 valence electrons. The fraction of sp³-hybridized carbons (Fsp3) is 0.429. The van der Waals surface area contributed by atoms with E-state index >= 15 is 0 Å². The highest BCUT2D eigenvalue weighted by Gasteiger charge is 2.35. The molecule has 5 heteroatoms. The van der Waals surface area contributed by atoms with Gasteiger partial charge in [-0.1, -0.05) is 0 Å². The predicted octanol–water partition coefficient (Wildman–Crippen LogP) is 1.29. The number of anilines is 1. The fourth-order valence-electron chi connectivity index (χ4n) is 2.20. The molecule has 0 atom stereocenters. The second kappa shape index (κ2) is 4.66. The lowest BCUT2D eigenvalue weighted by Crippen LogP contribution is -2.33. The third kappa shape index (κ3) is 2.33. The van der Waals surface area contributed by atoms with Crippen LogP contribution in [0.4, 0.5) is 5.69 Å². The van der Waals surface area contributed by atoms with Gasteiger partial charge in [0, 0.05) is 12.3 Å². The summed E-state index contributed by atoms with van der Waals surface area (Å²) in [5, 5.41) is 0. The number of nitrogen functional groups attached to an aromatic ring is 1. The van der Waals surface area contributed by atoms with Gasteiger partial charge in [0.05, 0.1) is 24.3 Å². The van der Waals surface area contributed by atoms with Crippen LogP contribution in [-0.4, -0.2) is 36.5 Å². The number of hydrogen-bond acceptors (Lipinski definition) is 4. The Morgan fingerprint density at radius 3 is 2.68 bits per heavy atom. The third-order valence-electron chi connectivity index (χ3n) is 3.50. The van der Waals surface area contributed by atoms with Gasteiger partial charge in [-0.15, -0.1) is 0 Å². The largest absolute Gasteiger partial charge is 0.399 e. The lowest BCUT2D eigenvalue weighted by atomic mass is 10.1. The number of amides is 2. The molecule has 1 saturated carbocycles. The first-order valence-electron chi connectivity index (χ1n) is 6.50. The Morgan fingerprint density at radius 1 is 1.21 bits per heavy atom. The van der Waals surface area contributed by atoms with Crippen molar-refractivity contribution in [2.45, 2.75) is 12.8 Å². The van der Waals surface area contributed by atoms with Crippen molar-refractivity contribution in [3.63, 3.8) is 0 Å². The van der Waals surface area contributed by atoms with Gasteiger partial charge in [-0.25, -0.2) is 0 Å². The van der Waals surface area contributed by atoms with Crippen LogP contribution in [0.3, 0.4) is 0 Å². The number of benzene rings is 1. The zero-order valence-corrected chi connectivity index (χ0v) is 10.6. The van der Waals surface area contributed by atoms with Crippen LogP contribution in [0, 0.1) is 5.92 Å². The molecular formula is C14H16N2O3. The Balaban J connectivity index is 1.64. The van der Waals surface area contributed by atoms with Crippen molar-refractivity contribution in [2.24, 2.45) is 5.92 Å². The average Bonchev–Trinajstić information content (AvgIpc) is 3.18. The number of carbonyl (C=O) groups excluding carboxylic acids is 2. The molecule has 2 amide bonds. The van der Waals surface area contributed by atoms with E-state index < -0.39 is 0 Å². The maximum Gasteiger partial charge on any atom is 0.261 e.